The summed E-state index contributed by atoms with van der Waals surface area (Å²) in [6.45, 7) is 1.45. The molecule has 0 amide bonds. The first-order valence-corrected chi connectivity index (χ1v) is 4.96. The van der Waals surface area contributed by atoms with E-state index in [9.17, 15) is 0 Å². The molecule has 1 aromatic rings. The number of fused-ring (bicyclic) bond motifs is 1. The highest BCUT2D eigenvalue weighted by Crippen LogP contribution is 2.14. The van der Waals surface area contributed by atoms with Crippen LogP contribution in [0.25, 0.3) is 0 Å². The molecule has 0 aromatic carbocycles. The third-order valence-corrected chi connectivity index (χ3v) is 2.64. The van der Waals surface area contributed by atoms with Gasteiger partial charge in [0.05, 0.1) is 0 Å². The van der Waals surface area contributed by atoms with Crippen molar-refractivity contribution in [3.63, 3.8) is 0 Å². The van der Waals surface area contributed by atoms with Gasteiger partial charge >= 0.3 is 0 Å². The highest BCUT2D eigenvalue weighted by Gasteiger charge is 2.17. The van der Waals surface area contributed by atoms with Crippen molar-refractivity contribution in [2.45, 2.75) is 38.5 Å². The number of aromatic nitrogens is 3. The maximum atomic E-state index is 5.90. The van der Waals surface area contributed by atoms with Gasteiger partial charge in [-0.15, -0.1) is 10.2 Å². The summed E-state index contributed by atoms with van der Waals surface area (Å²) in [5.41, 5.74) is 5.90. The third-order valence-electron chi connectivity index (χ3n) is 2.64. The van der Waals surface area contributed by atoms with Crippen molar-refractivity contribution in [2.75, 3.05) is 7.11 Å². The minimum atomic E-state index is 0.298. The van der Waals surface area contributed by atoms with Gasteiger partial charge in [-0.1, -0.05) is 0 Å². The summed E-state index contributed by atoms with van der Waals surface area (Å²) in [7, 11) is 1.67. The fourth-order valence-corrected chi connectivity index (χ4v) is 1.81. The normalized spacial score (nSPS) is 21.7. The molecule has 1 atom stereocenters. The molecule has 0 bridgehead atoms. The van der Waals surface area contributed by atoms with Crippen molar-refractivity contribution in [3.05, 3.63) is 11.6 Å². The Morgan fingerprint density at radius 1 is 1.50 bits per heavy atom. The van der Waals surface area contributed by atoms with Crippen LogP contribution in [0.3, 0.4) is 0 Å². The minimum absolute atomic E-state index is 0.298. The molecule has 0 radical (unpaired) electrons. The van der Waals surface area contributed by atoms with E-state index in [1.54, 1.807) is 7.11 Å². The summed E-state index contributed by atoms with van der Waals surface area (Å²) in [6.07, 6.45) is 2.94. The summed E-state index contributed by atoms with van der Waals surface area (Å²) in [5, 5.41) is 8.25. The number of hydrogen-bond acceptors (Lipinski definition) is 4. The topological polar surface area (TPSA) is 66.0 Å². The SMILES string of the molecule is COCc1nnc2n1CCC(N)CC2. The molecule has 2 heterocycles. The van der Waals surface area contributed by atoms with E-state index in [1.165, 1.54) is 0 Å². The number of ether oxygens (including phenoxy) is 1. The maximum absolute atomic E-state index is 5.90. The van der Waals surface area contributed by atoms with Gasteiger partial charge in [0.2, 0.25) is 0 Å². The third kappa shape index (κ3) is 1.78. The smallest absolute Gasteiger partial charge is 0.159 e. The van der Waals surface area contributed by atoms with Gasteiger partial charge < -0.3 is 15.0 Å². The highest BCUT2D eigenvalue weighted by atomic mass is 16.5. The first-order chi connectivity index (χ1) is 6.81. The number of methoxy groups -OCH3 is 1. The summed E-state index contributed by atoms with van der Waals surface area (Å²) < 4.78 is 7.20. The van der Waals surface area contributed by atoms with Crippen LogP contribution in [0.4, 0.5) is 0 Å². The Morgan fingerprint density at radius 2 is 2.36 bits per heavy atom. The van der Waals surface area contributed by atoms with Crippen molar-refractivity contribution < 1.29 is 4.74 Å². The second-order valence-corrected chi connectivity index (χ2v) is 3.70. The molecule has 2 N–H and O–H groups in total. The van der Waals surface area contributed by atoms with Gasteiger partial charge in [-0.05, 0) is 12.8 Å². The quantitative estimate of drug-likeness (QED) is 0.728. The van der Waals surface area contributed by atoms with Crippen LogP contribution >= 0.6 is 0 Å². The Morgan fingerprint density at radius 3 is 3.14 bits per heavy atom. The van der Waals surface area contributed by atoms with E-state index >= 15 is 0 Å². The van der Waals surface area contributed by atoms with Crippen LogP contribution in [-0.2, 0) is 24.3 Å². The number of rotatable bonds is 2. The lowest BCUT2D eigenvalue weighted by Gasteiger charge is -2.07. The number of nitrogens with two attached hydrogens (primary N) is 1. The summed E-state index contributed by atoms with van der Waals surface area (Å²) >= 11 is 0. The van der Waals surface area contributed by atoms with Gasteiger partial charge in [-0.2, -0.15) is 0 Å². The van der Waals surface area contributed by atoms with E-state index in [4.69, 9.17) is 10.5 Å². The number of aryl methyl sites for hydroxylation is 1. The molecule has 5 heteroatoms. The molecular formula is C9H16N4O. The summed E-state index contributed by atoms with van der Waals surface area (Å²) in [4.78, 5) is 0. The van der Waals surface area contributed by atoms with Gasteiger partial charge in [0.15, 0.2) is 5.82 Å². The van der Waals surface area contributed by atoms with Gasteiger partial charge in [-0.3, -0.25) is 0 Å². The van der Waals surface area contributed by atoms with Crippen molar-refractivity contribution in [1.29, 1.82) is 0 Å². The van der Waals surface area contributed by atoms with Crippen LogP contribution in [0.1, 0.15) is 24.5 Å². The molecule has 2 rings (SSSR count). The fraction of sp³-hybridized carbons (Fsp3) is 0.778. The minimum Gasteiger partial charge on any atom is -0.377 e. The molecule has 0 spiro atoms. The monoisotopic (exact) mass is 196 g/mol. The lowest BCUT2D eigenvalue weighted by molar-refractivity contribution is 0.173. The first-order valence-electron chi connectivity index (χ1n) is 4.96. The van der Waals surface area contributed by atoms with Crippen molar-refractivity contribution in [1.82, 2.24) is 14.8 Å². The average molecular weight is 196 g/mol. The Kier molecular flexibility index (Phi) is 2.79. The lowest BCUT2D eigenvalue weighted by Crippen LogP contribution is -2.20. The fourth-order valence-electron chi connectivity index (χ4n) is 1.81. The zero-order valence-electron chi connectivity index (χ0n) is 8.44. The Hall–Kier alpha value is -0.940. The molecule has 5 nitrogen and oxygen atoms in total. The largest absolute Gasteiger partial charge is 0.377 e. The lowest BCUT2D eigenvalue weighted by atomic mass is 10.1. The molecule has 1 aliphatic heterocycles. The van der Waals surface area contributed by atoms with Gasteiger partial charge in [0.1, 0.15) is 12.4 Å². The van der Waals surface area contributed by atoms with Crippen LogP contribution in [0.2, 0.25) is 0 Å². The van der Waals surface area contributed by atoms with E-state index in [-0.39, 0.29) is 0 Å². The Bertz CT molecular complexity index is 310. The number of hydrogen-bond donors (Lipinski definition) is 1. The van der Waals surface area contributed by atoms with Crippen LogP contribution in [0.5, 0.6) is 0 Å². The predicted octanol–water partition coefficient (Wildman–Crippen LogP) is 0.0881. The standard InChI is InChI=1S/C9H16N4O/c1-14-6-9-12-11-8-3-2-7(10)4-5-13(8)9/h7H,2-6,10H2,1H3. The molecule has 1 aliphatic rings. The van der Waals surface area contributed by atoms with Crippen LogP contribution in [0.15, 0.2) is 0 Å². The van der Waals surface area contributed by atoms with E-state index in [0.29, 0.717) is 12.6 Å². The maximum Gasteiger partial charge on any atom is 0.159 e. The molecule has 0 saturated carbocycles. The van der Waals surface area contributed by atoms with Gasteiger partial charge in [0, 0.05) is 26.1 Å². The molecule has 14 heavy (non-hydrogen) atoms. The van der Waals surface area contributed by atoms with E-state index in [0.717, 1.165) is 37.5 Å². The molecule has 1 aromatic heterocycles. The van der Waals surface area contributed by atoms with Gasteiger partial charge in [-0.25, -0.2) is 0 Å². The summed E-state index contributed by atoms with van der Waals surface area (Å²) in [6, 6.07) is 0.298. The molecule has 0 saturated heterocycles. The summed E-state index contributed by atoms with van der Waals surface area (Å²) in [5.74, 6) is 1.96. The number of nitrogens with zero attached hydrogens (tertiary/aromatic N) is 3. The Balaban J connectivity index is 2.20. The van der Waals surface area contributed by atoms with Crippen molar-refractivity contribution in [2.24, 2.45) is 5.73 Å². The van der Waals surface area contributed by atoms with Crippen LogP contribution in [0, 0.1) is 0 Å². The van der Waals surface area contributed by atoms with E-state index < -0.39 is 0 Å². The van der Waals surface area contributed by atoms with Crippen LogP contribution < -0.4 is 5.73 Å². The second-order valence-electron chi connectivity index (χ2n) is 3.70. The zero-order chi connectivity index (χ0) is 9.97. The molecule has 78 valence electrons. The van der Waals surface area contributed by atoms with Crippen molar-refractivity contribution >= 4 is 0 Å². The molecule has 0 fully saturated rings. The average Bonchev–Trinajstić information content (AvgIpc) is 2.45. The Labute approximate surface area is 83.3 Å². The first kappa shape index (κ1) is 9.61. The van der Waals surface area contributed by atoms with Gasteiger partial charge in [0.25, 0.3) is 0 Å². The molecular weight excluding hydrogens is 180 g/mol. The molecule has 0 aliphatic carbocycles. The van der Waals surface area contributed by atoms with E-state index in [2.05, 4.69) is 14.8 Å². The molecule has 1 unspecified atom stereocenters. The van der Waals surface area contributed by atoms with Crippen molar-refractivity contribution in [3.8, 4) is 0 Å². The zero-order valence-corrected chi connectivity index (χ0v) is 8.44. The van der Waals surface area contributed by atoms with E-state index in [1.807, 2.05) is 0 Å². The highest BCUT2D eigenvalue weighted by molar-refractivity contribution is 4.98. The van der Waals surface area contributed by atoms with Crippen LogP contribution in [-0.4, -0.2) is 27.9 Å². The second kappa shape index (κ2) is 4.06. The predicted molar refractivity (Wildman–Crippen MR) is 51.6 cm³/mol.